The maximum absolute atomic E-state index is 12.7. The lowest BCUT2D eigenvalue weighted by Gasteiger charge is -2.20. The zero-order valence-electron chi connectivity index (χ0n) is 37.6. The highest BCUT2D eigenvalue weighted by molar-refractivity contribution is 7.47. The topological polar surface area (TPSA) is 172 Å². The van der Waals surface area contributed by atoms with Gasteiger partial charge >= 0.3 is 25.7 Å². The SMILES string of the molecule is CCCCCC/C=C\C/C=C\CCCCCCCCCC(=O)OC(COC(=O)CCCCCCCCCCCCCCCCCCC)COP(=O)(O)OCC(N)C(=O)O. The number of phosphoric acid groups is 1. The normalized spacial score (nSPS) is 13.8. The molecule has 11 nitrogen and oxygen atoms in total. The molecule has 0 aromatic heterocycles. The number of nitrogens with two attached hydrogens (primary N) is 1. The number of hydrogen-bond donors (Lipinski definition) is 3. The molecule has 4 N–H and O–H groups in total. The summed E-state index contributed by atoms with van der Waals surface area (Å²) in [5.74, 6) is -2.37. The van der Waals surface area contributed by atoms with Crippen LogP contribution in [0.5, 0.6) is 0 Å². The number of esters is 2. The summed E-state index contributed by atoms with van der Waals surface area (Å²) in [5, 5.41) is 8.90. The second-order valence-corrected chi connectivity index (χ2v) is 17.7. The molecule has 12 heteroatoms. The Hall–Kier alpha value is -2.04. The minimum atomic E-state index is -4.72. The van der Waals surface area contributed by atoms with Crippen LogP contribution < -0.4 is 5.73 Å². The van der Waals surface area contributed by atoms with E-state index < -0.39 is 51.1 Å². The smallest absolute Gasteiger partial charge is 0.472 e. The Labute approximate surface area is 360 Å². The van der Waals surface area contributed by atoms with Crippen LogP contribution in [0.15, 0.2) is 24.3 Å². The molecule has 0 saturated carbocycles. The second kappa shape index (κ2) is 42.6. The van der Waals surface area contributed by atoms with Crippen LogP contribution in [0.1, 0.15) is 226 Å². The van der Waals surface area contributed by atoms with Gasteiger partial charge in [-0.1, -0.05) is 192 Å². The van der Waals surface area contributed by atoms with Crippen molar-refractivity contribution in [3.8, 4) is 0 Å². The van der Waals surface area contributed by atoms with Crippen LogP contribution in [0.3, 0.4) is 0 Å². The number of carboxylic acid groups (broad SMARTS) is 1. The lowest BCUT2D eigenvalue weighted by atomic mass is 10.0. The molecule has 0 aliphatic heterocycles. The minimum absolute atomic E-state index is 0.155. The first-order valence-corrected chi connectivity index (χ1v) is 25.4. The van der Waals surface area contributed by atoms with Gasteiger partial charge in [0.25, 0.3) is 0 Å². The van der Waals surface area contributed by atoms with Gasteiger partial charge in [0.2, 0.25) is 0 Å². The van der Waals surface area contributed by atoms with Crippen molar-refractivity contribution in [1.82, 2.24) is 0 Å². The number of carboxylic acids is 1. The molecule has 0 fully saturated rings. The zero-order chi connectivity index (χ0) is 43.5. The van der Waals surface area contributed by atoms with E-state index in [1.807, 2.05) is 0 Å². The third kappa shape index (κ3) is 42.4. The molecule has 0 heterocycles. The molecule has 0 spiro atoms. The van der Waals surface area contributed by atoms with Gasteiger partial charge in [-0.3, -0.25) is 23.4 Å². The first kappa shape index (κ1) is 57.0. The summed E-state index contributed by atoms with van der Waals surface area (Å²) in [6.45, 7) is 2.81. The Balaban J connectivity index is 4.29. The number of ether oxygens (including phenoxy) is 2. The van der Waals surface area contributed by atoms with Gasteiger partial charge in [0, 0.05) is 12.8 Å². The van der Waals surface area contributed by atoms with Crippen LogP contribution in [0, 0.1) is 0 Å². The van der Waals surface area contributed by atoms with Crippen molar-refractivity contribution in [3.63, 3.8) is 0 Å². The van der Waals surface area contributed by atoms with E-state index in [0.29, 0.717) is 12.8 Å². The Morgan fingerprint density at radius 2 is 0.898 bits per heavy atom. The summed E-state index contributed by atoms with van der Waals surface area (Å²) in [7, 11) is -4.72. The van der Waals surface area contributed by atoms with E-state index in [2.05, 4.69) is 42.7 Å². The molecule has 0 aliphatic carbocycles. The molecule has 3 atom stereocenters. The lowest BCUT2D eigenvalue weighted by molar-refractivity contribution is -0.161. The monoisotopic (exact) mass is 858 g/mol. The summed E-state index contributed by atoms with van der Waals surface area (Å²) >= 11 is 0. The molecular formula is C47H88NO10P. The van der Waals surface area contributed by atoms with E-state index in [-0.39, 0.29) is 19.4 Å². The number of rotatable bonds is 45. The van der Waals surface area contributed by atoms with Crippen LogP contribution in [0.25, 0.3) is 0 Å². The van der Waals surface area contributed by atoms with Crippen molar-refractivity contribution in [2.24, 2.45) is 5.73 Å². The van der Waals surface area contributed by atoms with Crippen molar-refractivity contribution in [1.29, 1.82) is 0 Å². The number of hydrogen-bond acceptors (Lipinski definition) is 9. The van der Waals surface area contributed by atoms with Gasteiger partial charge in [0.05, 0.1) is 13.2 Å². The standard InChI is InChI=1S/C47H88NO10P/c1-3-5-7-9-11-13-15-17-19-21-23-25-27-29-31-33-35-37-39-46(50)58-43(41-56-59(53,54)57-42-44(48)47(51)52)40-55-45(49)38-36-34-32-30-28-26-24-22-20-18-16-14-12-10-8-6-4-2/h13,15,19,21,43-44H,3-12,14,16-18,20,22-42,48H2,1-2H3,(H,51,52)(H,53,54)/b15-13-,21-19-. The molecular weight excluding hydrogens is 769 g/mol. The molecule has 0 aromatic carbocycles. The first-order chi connectivity index (χ1) is 28.6. The van der Waals surface area contributed by atoms with Gasteiger partial charge in [-0.2, -0.15) is 0 Å². The summed E-state index contributed by atoms with van der Waals surface area (Å²) < 4.78 is 32.8. The fraction of sp³-hybridized carbons (Fsp3) is 0.851. The minimum Gasteiger partial charge on any atom is -0.480 e. The van der Waals surface area contributed by atoms with Crippen LogP contribution in [0.4, 0.5) is 0 Å². The average molecular weight is 858 g/mol. The molecule has 346 valence electrons. The molecule has 3 unspecified atom stereocenters. The van der Waals surface area contributed by atoms with E-state index in [0.717, 1.165) is 57.8 Å². The highest BCUT2D eigenvalue weighted by atomic mass is 31.2. The van der Waals surface area contributed by atoms with Crippen LogP contribution >= 0.6 is 7.82 Å². The van der Waals surface area contributed by atoms with Gasteiger partial charge in [0.15, 0.2) is 6.10 Å². The van der Waals surface area contributed by atoms with E-state index >= 15 is 0 Å². The fourth-order valence-electron chi connectivity index (χ4n) is 6.68. The largest absolute Gasteiger partial charge is 0.480 e. The third-order valence-corrected chi connectivity index (χ3v) is 11.4. The lowest BCUT2D eigenvalue weighted by Crippen LogP contribution is -2.34. The molecule has 0 saturated heterocycles. The summed E-state index contributed by atoms with van der Waals surface area (Å²) in [4.78, 5) is 46.1. The van der Waals surface area contributed by atoms with Gasteiger partial charge in [-0.05, 0) is 44.9 Å². The van der Waals surface area contributed by atoms with E-state index in [1.54, 1.807) is 0 Å². The van der Waals surface area contributed by atoms with Crippen molar-refractivity contribution >= 4 is 25.7 Å². The van der Waals surface area contributed by atoms with Crippen LogP contribution in [-0.2, 0) is 37.5 Å². The fourth-order valence-corrected chi connectivity index (χ4v) is 7.46. The van der Waals surface area contributed by atoms with Crippen LogP contribution in [0.2, 0.25) is 0 Å². The molecule has 0 amide bonds. The average Bonchev–Trinajstić information content (AvgIpc) is 3.21. The zero-order valence-corrected chi connectivity index (χ0v) is 38.5. The Morgan fingerprint density at radius 3 is 1.34 bits per heavy atom. The molecule has 0 radical (unpaired) electrons. The van der Waals surface area contributed by atoms with E-state index in [9.17, 15) is 23.8 Å². The molecule has 0 aromatic rings. The maximum Gasteiger partial charge on any atom is 0.472 e. The summed E-state index contributed by atoms with van der Waals surface area (Å²) in [6, 6.07) is -1.52. The van der Waals surface area contributed by atoms with Crippen LogP contribution in [-0.4, -0.2) is 59.9 Å². The maximum atomic E-state index is 12.7. The predicted molar refractivity (Wildman–Crippen MR) is 240 cm³/mol. The van der Waals surface area contributed by atoms with Gasteiger partial charge in [0.1, 0.15) is 12.6 Å². The Kier molecular flexibility index (Phi) is 41.2. The van der Waals surface area contributed by atoms with Gasteiger partial charge < -0.3 is 25.2 Å². The van der Waals surface area contributed by atoms with Crippen molar-refractivity contribution < 1.29 is 47.5 Å². The number of aliphatic carboxylic acids is 1. The van der Waals surface area contributed by atoms with Gasteiger partial charge in [-0.15, -0.1) is 0 Å². The van der Waals surface area contributed by atoms with Gasteiger partial charge in [-0.25, -0.2) is 4.57 Å². The first-order valence-electron chi connectivity index (χ1n) is 23.9. The molecule has 59 heavy (non-hydrogen) atoms. The summed E-state index contributed by atoms with van der Waals surface area (Å²) in [6.07, 6.45) is 45.2. The third-order valence-electron chi connectivity index (χ3n) is 10.5. The van der Waals surface area contributed by atoms with Crippen molar-refractivity contribution in [2.75, 3.05) is 19.8 Å². The molecule has 0 rings (SSSR count). The Morgan fingerprint density at radius 1 is 0.525 bits per heavy atom. The Bertz CT molecular complexity index is 1100. The highest BCUT2D eigenvalue weighted by Gasteiger charge is 2.28. The predicted octanol–water partition coefficient (Wildman–Crippen LogP) is 13.0. The molecule has 0 aliphatic rings. The molecule has 0 bridgehead atoms. The highest BCUT2D eigenvalue weighted by Crippen LogP contribution is 2.43. The van der Waals surface area contributed by atoms with E-state index in [4.69, 9.17) is 24.8 Å². The number of phosphoric ester groups is 1. The second-order valence-electron chi connectivity index (χ2n) is 16.2. The summed E-state index contributed by atoms with van der Waals surface area (Å²) in [5.41, 5.74) is 5.34. The number of carbonyl (C=O) groups excluding carboxylic acids is 2. The van der Waals surface area contributed by atoms with Crippen molar-refractivity contribution in [3.05, 3.63) is 24.3 Å². The quantitative estimate of drug-likeness (QED) is 0.0230. The number of carbonyl (C=O) groups is 3. The number of unbranched alkanes of at least 4 members (excludes halogenated alkanes) is 27. The van der Waals surface area contributed by atoms with Crippen molar-refractivity contribution in [2.45, 2.75) is 238 Å². The number of allylic oxidation sites excluding steroid dienone is 4. The van der Waals surface area contributed by atoms with E-state index in [1.165, 1.54) is 128 Å².